The van der Waals surface area contributed by atoms with Gasteiger partial charge in [0.15, 0.2) is 5.65 Å². The van der Waals surface area contributed by atoms with Crippen LogP contribution in [0.25, 0.3) is 39.3 Å². The highest BCUT2D eigenvalue weighted by Crippen LogP contribution is 2.37. The quantitative estimate of drug-likeness (QED) is 0.287. The summed E-state index contributed by atoms with van der Waals surface area (Å²) in [6.45, 7) is 0.0627. The molecule has 0 spiro atoms. The molecule has 5 aromatic rings. The van der Waals surface area contributed by atoms with Crippen molar-refractivity contribution in [2.24, 2.45) is 0 Å². The van der Waals surface area contributed by atoms with Crippen LogP contribution in [-0.4, -0.2) is 53.4 Å². The number of ether oxygens (including phenoxy) is 1. The van der Waals surface area contributed by atoms with E-state index >= 15 is 0 Å². The Labute approximate surface area is 214 Å². The van der Waals surface area contributed by atoms with Crippen LogP contribution in [0, 0.1) is 0 Å². The first-order chi connectivity index (χ1) is 18.0. The molecule has 188 valence electrons. The molecule has 0 unspecified atom stereocenters. The van der Waals surface area contributed by atoms with E-state index in [1.54, 1.807) is 48.4 Å². The van der Waals surface area contributed by atoms with Gasteiger partial charge < -0.3 is 9.84 Å². The zero-order valence-electron chi connectivity index (χ0n) is 20.1. The van der Waals surface area contributed by atoms with E-state index in [0.717, 1.165) is 16.7 Å². The fourth-order valence-electron chi connectivity index (χ4n) is 4.11. The zero-order valence-corrected chi connectivity index (χ0v) is 20.9. The zero-order chi connectivity index (χ0) is 25.8. The van der Waals surface area contributed by atoms with E-state index in [-0.39, 0.29) is 18.0 Å². The van der Waals surface area contributed by atoms with E-state index in [1.807, 2.05) is 42.5 Å². The van der Waals surface area contributed by atoms with E-state index in [4.69, 9.17) is 14.9 Å². The van der Waals surface area contributed by atoms with Crippen molar-refractivity contribution in [1.82, 2.24) is 24.3 Å². The maximum atomic E-state index is 12.8. The summed E-state index contributed by atoms with van der Waals surface area (Å²) in [6, 6.07) is 19.9. The van der Waals surface area contributed by atoms with Gasteiger partial charge in [0, 0.05) is 42.9 Å². The number of nitrogens with zero attached hydrogens (tertiary/aromatic N) is 4. The van der Waals surface area contributed by atoms with E-state index in [1.165, 1.54) is 6.07 Å². The predicted octanol–water partition coefficient (Wildman–Crippen LogP) is 3.79. The Bertz CT molecular complexity index is 1650. The number of aliphatic hydroxyl groups excluding tert-OH is 1. The summed E-state index contributed by atoms with van der Waals surface area (Å²) < 4.78 is 35.3. The van der Waals surface area contributed by atoms with Gasteiger partial charge in [-0.2, -0.15) is 5.10 Å². The topological polar surface area (TPSA) is 119 Å². The molecule has 0 saturated heterocycles. The van der Waals surface area contributed by atoms with Crippen LogP contribution < -0.4 is 9.46 Å². The third-order valence-electron chi connectivity index (χ3n) is 5.90. The Morgan fingerprint density at radius 2 is 1.73 bits per heavy atom. The Balaban J connectivity index is 1.69. The molecular weight excluding hydrogens is 490 g/mol. The first-order valence-electron chi connectivity index (χ1n) is 11.7. The Hall–Kier alpha value is -4.12. The molecule has 9 nitrogen and oxygen atoms in total. The van der Waals surface area contributed by atoms with Crippen molar-refractivity contribution in [3.63, 3.8) is 0 Å². The fourth-order valence-corrected chi connectivity index (χ4v) is 5.23. The first kappa shape index (κ1) is 24.6. The van der Waals surface area contributed by atoms with E-state index < -0.39 is 10.0 Å². The van der Waals surface area contributed by atoms with Gasteiger partial charge in [0.05, 0.1) is 23.3 Å². The molecule has 2 N–H and O–H groups in total. The number of nitrogens with one attached hydrogen (secondary N) is 1. The molecule has 0 aliphatic heterocycles. The third-order valence-corrected chi connectivity index (χ3v) is 7.36. The molecule has 0 aliphatic rings. The predicted molar refractivity (Wildman–Crippen MR) is 141 cm³/mol. The van der Waals surface area contributed by atoms with Crippen LogP contribution in [0.4, 0.5) is 0 Å². The van der Waals surface area contributed by atoms with E-state index in [2.05, 4.69) is 14.7 Å². The molecular formula is C27H25N5O4S. The van der Waals surface area contributed by atoms with Gasteiger partial charge in [0.1, 0.15) is 11.4 Å². The smallest absolute Gasteiger partial charge is 0.240 e. The van der Waals surface area contributed by atoms with Crippen molar-refractivity contribution in [2.45, 2.75) is 11.3 Å². The molecule has 37 heavy (non-hydrogen) atoms. The highest BCUT2D eigenvalue weighted by atomic mass is 32.2. The van der Waals surface area contributed by atoms with Crippen LogP contribution in [-0.2, 0) is 10.0 Å². The van der Waals surface area contributed by atoms with Gasteiger partial charge in [-0.05, 0) is 54.4 Å². The standard InChI is InChI=1S/C27H25N5O4S/c1-36-22-7-2-6-21(17-22)25-26(19-9-13-28-14-10-19)31-32-24(11-15-29-27(25)32)20-5-3-8-23(18-20)37(34,35)30-12-4-16-33/h2-3,5-11,13-15,17-18,30,33H,4,12,16H2,1H3. The molecule has 0 bridgehead atoms. The monoisotopic (exact) mass is 515 g/mol. The molecule has 10 heteroatoms. The number of pyridine rings is 1. The Kier molecular flexibility index (Phi) is 6.95. The van der Waals surface area contributed by atoms with Crippen molar-refractivity contribution in [3.8, 4) is 39.4 Å². The van der Waals surface area contributed by atoms with Crippen molar-refractivity contribution in [1.29, 1.82) is 0 Å². The summed E-state index contributed by atoms with van der Waals surface area (Å²) in [4.78, 5) is 8.92. The average molecular weight is 516 g/mol. The lowest BCUT2D eigenvalue weighted by Crippen LogP contribution is -2.25. The van der Waals surface area contributed by atoms with Gasteiger partial charge in [-0.15, -0.1) is 0 Å². The lowest BCUT2D eigenvalue weighted by molar-refractivity contribution is 0.289. The van der Waals surface area contributed by atoms with Crippen molar-refractivity contribution in [2.75, 3.05) is 20.3 Å². The van der Waals surface area contributed by atoms with Gasteiger partial charge in [0.25, 0.3) is 0 Å². The van der Waals surface area contributed by atoms with Gasteiger partial charge >= 0.3 is 0 Å². The van der Waals surface area contributed by atoms with Crippen LogP contribution in [0.15, 0.2) is 90.2 Å². The number of fused-ring (bicyclic) bond motifs is 1. The summed E-state index contributed by atoms with van der Waals surface area (Å²) in [6.07, 6.45) is 5.44. The minimum atomic E-state index is -3.74. The maximum absolute atomic E-state index is 12.8. The minimum absolute atomic E-state index is 0.0910. The minimum Gasteiger partial charge on any atom is -0.497 e. The number of hydrogen-bond acceptors (Lipinski definition) is 7. The van der Waals surface area contributed by atoms with Crippen LogP contribution in [0.2, 0.25) is 0 Å². The van der Waals surface area contributed by atoms with Crippen LogP contribution in [0.5, 0.6) is 5.75 Å². The number of methoxy groups -OCH3 is 1. The second-order valence-electron chi connectivity index (χ2n) is 8.26. The molecule has 0 fully saturated rings. The Morgan fingerprint density at radius 1 is 0.946 bits per heavy atom. The van der Waals surface area contributed by atoms with Crippen LogP contribution >= 0.6 is 0 Å². The average Bonchev–Trinajstić information content (AvgIpc) is 3.33. The summed E-state index contributed by atoms with van der Waals surface area (Å²) >= 11 is 0. The SMILES string of the molecule is COc1cccc(-c2c(-c3ccncc3)nn3c(-c4cccc(S(=O)(=O)NCCCO)c4)ccnc23)c1. The van der Waals surface area contributed by atoms with Gasteiger partial charge in [-0.25, -0.2) is 22.6 Å². The van der Waals surface area contributed by atoms with Crippen molar-refractivity contribution < 1.29 is 18.3 Å². The highest BCUT2D eigenvalue weighted by Gasteiger charge is 2.21. The number of benzene rings is 2. The maximum Gasteiger partial charge on any atom is 0.240 e. The fraction of sp³-hybridized carbons (Fsp3) is 0.148. The lowest BCUT2D eigenvalue weighted by atomic mass is 10.0. The van der Waals surface area contributed by atoms with Gasteiger partial charge in [-0.3, -0.25) is 4.98 Å². The van der Waals surface area contributed by atoms with Crippen LogP contribution in [0.3, 0.4) is 0 Å². The molecule has 0 atom stereocenters. The van der Waals surface area contributed by atoms with Gasteiger partial charge in [-0.1, -0.05) is 24.3 Å². The van der Waals surface area contributed by atoms with E-state index in [0.29, 0.717) is 34.8 Å². The third kappa shape index (κ3) is 4.94. The molecule has 5 rings (SSSR count). The number of hydrogen-bond donors (Lipinski definition) is 2. The number of aromatic nitrogens is 4. The molecule has 2 aromatic carbocycles. The second-order valence-corrected chi connectivity index (χ2v) is 10.0. The molecule has 0 saturated carbocycles. The van der Waals surface area contributed by atoms with Crippen molar-refractivity contribution >= 4 is 15.7 Å². The molecule has 0 radical (unpaired) electrons. The first-order valence-corrected chi connectivity index (χ1v) is 13.1. The highest BCUT2D eigenvalue weighted by molar-refractivity contribution is 7.89. The van der Waals surface area contributed by atoms with Crippen molar-refractivity contribution in [3.05, 3.63) is 85.3 Å². The van der Waals surface area contributed by atoms with Gasteiger partial charge in [0.2, 0.25) is 10.0 Å². The summed E-state index contributed by atoms with van der Waals surface area (Å²) in [5, 5.41) is 13.9. The Morgan fingerprint density at radius 3 is 2.51 bits per heavy atom. The molecule has 0 amide bonds. The molecule has 3 heterocycles. The number of rotatable bonds is 9. The van der Waals surface area contributed by atoms with E-state index in [9.17, 15) is 8.42 Å². The normalized spacial score (nSPS) is 11.6. The summed E-state index contributed by atoms with van der Waals surface area (Å²) in [7, 11) is -2.12. The summed E-state index contributed by atoms with van der Waals surface area (Å²) in [5.74, 6) is 0.709. The number of sulfonamides is 1. The number of aliphatic hydroxyl groups is 1. The summed E-state index contributed by atoms with van der Waals surface area (Å²) in [5.41, 5.74) is 5.25. The lowest BCUT2D eigenvalue weighted by Gasteiger charge is -2.09. The second kappa shape index (κ2) is 10.5. The van der Waals surface area contributed by atoms with Crippen LogP contribution in [0.1, 0.15) is 6.42 Å². The molecule has 0 aliphatic carbocycles. The molecule has 3 aromatic heterocycles. The largest absolute Gasteiger partial charge is 0.497 e.